The zero-order valence-electron chi connectivity index (χ0n) is 10.6. The summed E-state index contributed by atoms with van der Waals surface area (Å²) in [5.74, 6) is 0.373. The van der Waals surface area contributed by atoms with E-state index in [-0.39, 0.29) is 5.97 Å². The summed E-state index contributed by atoms with van der Waals surface area (Å²) in [6.07, 6.45) is 1.58. The van der Waals surface area contributed by atoms with E-state index in [9.17, 15) is 4.79 Å². The van der Waals surface area contributed by atoms with E-state index in [1.54, 1.807) is 49.5 Å². The van der Waals surface area contributed by atoms with Gasteiger partial charge in [0.05, 0.1) is 24.1 Å². The second kappa shape index (κ2) is 5.86. The van der Waals surface area contributed by atoms with Gasteiger partial charge >= 0.3 is 5.97 Å². The van der Waals surface area contributed by atoms with Crippen LogP contribution in [0.5, 0.6) is 0 Å². The number of anilines is 3. The van der Waals surface area contributed by atoms with Crippen molar-refractivity contribution in [1.29, 1.82) is 0 Å². The lowest BCUT2D eigenvalue weighted by Gasteiger charge is -2.06. The number of ether oxygens (including phenoxy) is 1. The Hall–Kier alpha value is -2.56. The predicted molar refractivity (Wildman–Crippen MR) is 74.3 cm³/mol. The predicted octanol–water partition coefficient (Wildman–Crippen LogP) is 2.58. The number of nitrogen functional groups attached to an aromatic ring is 1. The highest BCUT2D eigenvalue weighted by Gasteiger charge is 2.05. The van der Waals surface area contributed by atoms with Gasteiger partial charge in [-0.3, -0.25) is 0 Å². The minimum absolute atomic E-state index is 0.320. The van der Waals surface area contributed by atoms with Gasteiger partial charge in [0.2, 0.25) is 0 Å². The second-order valence-electron chi connectivity index (χ2n) is 3.90. The van der Waals surface area contributed by atoms with Gasteiger partial charge in [0.15, 0.2) is 0 Å². The summed E-state index contributed by atoms with van der Waals surface area (Å²) in [6, 6.07) is 10.6. The van der Waals surface area contributed by atoms with Crippen LogP contribution in [0.25, 0.3) is 0 Å². The van der Waals surface area contributed by atoms with Crippen LogP contribution in [0.1, 0.15) is 17.3 Å². The summed E-state index contributed by atoms with van der Waals surface area (Å²) in [7, 11) is 0. The normalized spacial score (nSPS) is 9.95. The molecule has 1 aromatic heterocycles. The van der Waals surface area contributed by atoms with Crippen LogP contribution in [0.2, 0.25) is 0 Å². The Morgan fingerprint density at radius 1 is 1.26 bits per heavy atom. The Morgan fingerprint density at radius 2 is 2.00 bits per heavy atom. The molecule has 2 rings (SSSR count). The van der Waals surface area contributed by atoms with E-state index in [2.05, 4.69) is 10.3 Å². The molecule has 0 aliphatic carbocycles. The number of nitrogens with zero attached hydrogens (tertiary/aromatic N) is 1. The number of aromatic nitrogens is 1. The molecule has 0 fully saturated rings. The maximum absolute atomic E-state index is 11.5. The van der Waals surface area contributed by atoms with Crippen LogP contribution in [0, 0.1) is 0 Å². The number of carbonyl (C=O) groups is 1. The first kappa shape index (κ1) is 12.9. The van der Waals surface area contributed by atoms with Crippen molar-refractivity contribution in [2.45, 2.75) is 6.92 Å². The summed E-state index contributed by atoms with van der Waals surface area (Å²) >= 11 is 0. The van der Waals surface area contributed by atoms with Crippen LogP contribution >= 0.6 is 0 Å². The molecule has 0 atom stereocenters. The zero-order valence-corrected chi connectivity index (χ0v) is 10.6. The number of hydrogen-bond donors (Lipinski definition) is 2. The first-order valence-corrected chi connectivity index (χ1v) is 5.95. The average Bonchev–Trinajstić information content (AvgIpc) is 2.42. The van der Waals surface area contributed by atoms with E-state index in [4.69, 9.17) is 10.5 Å². The lowest BCUT2D eigenvalue weighted by atomic mass is 10.2. The third-order valence-electron chi connectivity index (χ3n) is 2.45. The van der Waals surface area contributed by atoms with E-state index in [0.717, 1.165) is 5.69 Å². The van der Waals surface area contributed by atoms with Crippen molar-refractivity contribution in [1.82, 2.24) is 4.98 Å². The quantitative estimate of drug-likeness (QED) is 0.823. The van der Waals surface area contributed by atoms with Crippen LogP contribution in [0.3, 0.4) is 0 Å². The van der Waals surface area contributed by atoms with E-state index in [0.29, 0.717) is 23.7 Å². The first-order valence-electron chi connectivity index (χ1n) is 5.95. The van der Waals surface area contributed by atoms with Gasteiger partial charge in [0.1, 0.15) is 5.82 Å². The summed E-state index contributed by atoms with van der Waals surface area (Å²) in [5.41, 5.74) is 7.54. The number of rotatable bonds is 4. The van der Waals surface area contributed by atoms with Crippen molar-refractivity contribution < 1.29 is 9.53 Å². The lowest BCUT2D eigenvalue weighted by molar-refractivity contribution is 0.0526. The molecule has 1 heterocycles. The Morgan fingerprint density at radius 3 is 2.58 bits per heavy atom. The summed E-state index contributed by atoms with van der Waals surface area (Å²) < 4.78 is 4.91. The number of nitrogens with one attached hydrogen (secondary N) is 1. The third kappa shape index (κ3) is 3.45. The molecule has 0 unspecified atom stereocenters. The first-order chi connectivity index (χ1) is 9.19. The van der Waals surface area contributed by atoms with Crippen LogP contribution in [-0.2, 0) is 4.74 Å². The van der Waals surface area contributed by atoms with Crippen molar-refractivity contribution in [2.75, 3.05) is 17.7 Å². The van der Waals surface area contributed by atoms with Crippen LogP contribution in [0.15, 0.2) is 42.6 Å². The zero-order chi connectivity index (χ0) is 13.7. The Kier molecular flexibility index (Phi) is 3.97. The topological polar surface area (TPSA) is 77.2 Å². The number of nitrogens with two attached hydrogens (primary N) is 1. The van der Waals surface area contributed by atoms with Gasteiger partial charge in [-0.1, -0.05) is 0 Å². The number of esters is 1. The highest BCUT2D eigenvalue weighted by Crippen LogP contribution is 2.16. The van der Waals surface area contributed by atoms with E-state index in [1.165, 1.54) is 0 Å². The van der Waals surface area contributed by atoms with Crippen LogP contribution in [0.4, 0.5) is 17.2 Å². The SMILES string of the molecule is CCOC(=O)c1ccc(Nc2ccc(N)cn2)cc1. The molecule has 1 aromatic carbocycles. The highest BCUT2D eigenvalue weighted by molar-refractivity contribution is 5.89. The molecule has 0 saturated heterocycles. The molecule has 2 aromatic rings. The maximum atomic E-state index is 11.5. The van der Waals surface area contributed by atoms with E-state index >= 15 is 0 Å². The van der Waals surface area contributed by atoms with Crippen molar-refractivity contribution in [3.8, 4) is 0 Å². The van der Waals surface area contributed by atoms with Gasteiger partial charge in [-0.2, -0.15) is 0 Å². The molecule has 5 nitrogen and oxygen atoms in total. The fraction of sp³-hybridized carbons (Fsp3) is 0.143. The molecular weight excluding hydrogens is 242 g/mol. The minimum Gasteiger partial charge on any atom is -0.462 e. The Labute approximate surface area is 111 Å². The van der Waals surface area contributed by atoms with Gasteiger partial charge in [0, 0.05) is 5.69 Å². The summed E-state index contributed by atoms with van der Waals surface area (Å²) in [5, 5.41) is 3.11. The Bertz CT molecular complexity index is 550. The molecule has 3 N–H and O–H groups in total. The highest BCUT2D eigenvalue weighted by atomic mass is 16.5. The molecule has 5 heteroatoms. The van der Waals surface area contributed by atoms with Gasteiger partial charge < -0.3 is 15.8 Å². The fourth-order valence-electron chi connectivity index (χ4n) is 1.53. The number of pyridine rings is 1. The van der Waals surface area contributed by atoms with Gasteiger partial charge in [-0.15, -0.1) is 0 Å². The van der Waals surface area contributed by atoms with Gasteiger partial charge in [0.25, 0.3) is 0 Å². The third-order valence-corrected chi connectivity index (χ3v) is 2.45. The van der Waals surface area contributed by atoms with Crippen molar-refractivity contribution in [3.63, 3.8) is 0 Å². The van der Waals surface area contributed by atoms with Crippen LogP contribution < -0.4 is 11.1 Å². The number of hydrogen-bond acceptors (Lipinski definition) is 5. The minimum atomic E-state index is -0.320. The molecule has 0 aliphatic rings. The summed E-state index contributed by atoms with van der Waals surface area (Å²) in [4.78, 5) is 15.6. The molecular formula is C14H15N3O2. The molecule has 19 heavy (non-hydrogen) atoms. The monoisotopic (exact) mass is 257 g/mol. The van der Waals surface area contributed by atoms with Crippen molar-refractivity contribution in [2.24, 2.45) is 0 Å². The van der Waals surface area contributed by atoms with E-state index < -0.39 is 0 Å². The molecule has 0 saturated carbocycles. The van der Waals surface area contributed by atoms with Gasteiger partial charge in [-0.05, 0) is 43.3 Å². The summed E-state index contributed by atoms with van der Waals surface area (Å²) in [6.45, 7) is 2.15. The lowest BCUT2D eigenvalue weighted by Crippen LogP contribution is -2.04. The molecule has 0 amide bonds. The van der Waals surface area contributed by atoms with Crippen LogP contribution in [-0.4, -0.2) is 17.6 Å². The molecule has 0 spiro atoms. The Balaban J connectivity index is 2.06. The molecule has 98 valence electrons. The number of carbonyl (C=O) groups excluding carboxylic acids is 1. The smallest absolute Gasteiger partial charge is 0.338 e. The standard InChI is InChI=1S/C14H15N3O2/c1-2-19-14(18)10-3-6-12(7-4-10)17-13-8-5-11(15)9-16-13/h3-9H,2,15H2,1H3,(H,16,17). The largest absolute Gasteiger partial charge is 0.462 e. The number of benzene rings is 1. The van der Waals surface area contributed by atoms with Gasteiger partial charge in [-0.25, -0.2) is 9.78 Å². The maximum Gasteiger partial charge on any atom is 0.338 e. The molecule has 0 radical (unpaired) electrons. The van der Waals surface area contributed by atoms with Crippen molar-refractivity contribution >= 4 is 23.2 Å². The average molecular weight is 257 g/mol. The fourth-order valence-corrected chi connectivity index (χ4v) is 1.53. The second-order valence-corrected chi connectivity index (χ2v) is 3.90. The molecule has 0 bridgehead atoms. The van der Waals surface area contributed by atoms with Crippen molar-refractivity contribution in [3.05, 3.63) is 48.2 Å². The van der Waals surface area contributed by atoms with E-state index in [1.807, 2.05) is 0 Å². The molecule has 0 aliphatic heterocycles.